The Balaban J connectivity index is 1.35. The highest BCUT2D eigenvalue weighted by molar-refractivity contribution is 6.31. The van der Waals surface area contributed by atoms with Crippen molar-refractivity contribution < 1.29 is 8.83 Å². The summed E-state index contributed by atoms with van der Waals surface area (Å²) in [6.45, 7) is 0. The van der Waals surface area contributed by atoms with Gasteiger partial charge in [0.25, 0.3) is 0 Å². The Hall–Kier alpha value is -6.59. The second-order valence-electron chi connectivity index (χ2n) is 12.3. The second kappa shape index (κ2) is 9.47. The maximum absolute atomic E-state index is 6.83. The van der Waals surface area contributed by atoms with Crippen LogP contribution in [0.4, 0.5) is 0 Å². The molecular formula is C43H23N3O2. The highest BCUT2D eigenvalue weighted by atomic mass is 16.3. The summed E-state index contributed by atoms with van der Waals surface area (Å²) in [7, 11) is 0. The minimum atomic E-state index is 0.843. The van der Waals surface area contributed by atoms with Crippen LogP contribution >= 0.6 is 0 Å². The van der Waals surface area contributed by atoms with Crippen molar-refractivity contribution in [1.29, 1.82) is 0 Å². The molecule has 0 unspecified atom stereocenters. The number of hydrogen-bond acceptors (Lipinski definition) is 5. The molecule has 0 aliphatic heterocycles. The van der Waals surface area contributed by atoms with Gasteiger partial charge in [0.15, 0.2) is 0 Å². The molecule has 5 aromatic heterocycles. The summed E-state index contributed by atoms with van der Waals surface area (Å²) in [4.78, 5) is 14.9. The average molecular weight is 614 g/mol. The Bertz CT molecular complexity index is 3140. The molecule has 0 aliphatic carbocycles. The van der Waals surface area contributed by atoms with Crippen molar-refractivity contribution in [1.82, 2.24) is 15.0 Å². The van der Waals surface area contributed by atoms with Crippen LogP contribution in [-0.4, -0.2) is 15.0 Å². The molecule has 0 amide bonds. The number of para-hydroxylation sites is 3. The number of benzene rings is 6. The maximum atomic E-state index is 6.83. The Morgan fingerprint density at radius 1 is 0.438 bits per heavy atom. The van der Waals surface area contributed by atoms with E-state index >= 15 is 0 Å². The first kappa shape index (κ1) is 25.6. The van der Waals surface area contributed by atoms with Crippen molar-refractivity contribution in [2.24, 2.45) is 0 Å². The Labute approximate surface area is 272 Å². The molecule has 11 rings (SSSR count). The molecule has 0 radical (unpaired) electrons. The van der Waals surface area contributed by atoms with Gasteiger partial charge in [0.2, 0.25) is 0 Å². The van der Waals surface area contributed by atoms with Crippen LogP contribution in [0.3, 0.4) is 0 Å². The van der Waals surface area contributed by atoms with Gasteiger partial charge in [-0.05, 0) is 66.2 Å². The molecular weight excluding hydrogens is 590 g/mol. The lowest BCUT2D eigenvalue weighted by molar-refractivity contribution is 0.669. The molecule has 48 heavy (non-hydrogen) atoms. The van der Waals surface area contributed by atoms with Crippen molar-refractivity contribution in [3.63, 3.8) is 0 Å². The zero-order valence-corrected chi connectivity index (χ0v) is 25.4. The van der Waals surface area contributed by atoms with Gasteiger partial charge in [-0.3, -0.25) is 9.97 Å². The van der Waals surface area contributed by atoms with Crippen LogP contribution in [0, 0.1) is 0 Å². The van der Waals surface area contributed by atoms with E-state index in [1.165, 1.54) is 0 Å². The molecule has 0 atom stereocenters. The highest BCUT2D eigenvalue weighted by Crippen LogP contribution is 2.47. The minimum Gasteiger partial charge on any atom is -0.456 e. The van der Waals surface area contributed by atoms with Gasteiger partial charge >= 0.3 is 0 Å². The number of hydrogen-bond donors (Lipinski definition) is 0. The van der Waals surface area contributed by atoms with E-state index in [2.05, 4.69) is 97.1 Å². The average Bonchev–Trinajstić information content (AvgIpc) is 3.72. The van der Waals surface area contributed by atoms with Crippen LogP contribution in [-0.2, 0) is 0 Å². The van der Waals surface area contributed by atoms with Gasteiger partial charge < -0.3 is 8.83 Å². The van der Waals surface area contributed by atoms with E-state index in [1.807, 2.05) is 42.7 Å². The lowest BCUT2D eigenvalue weighted by Gasteiger charge is -2.15. The van der Waals surface area contributed by atoms with Crippen molar-refractivity contribution in [2.75, 3.05) is 0 Å². The second-order valence-corrected chi connectivity index (χ2v) is 12.3. The molecule has 5 heteroatoms. The van der Waals surface area contributed by atoms with E-state index in [0.717, 1.165) is 110 Å². The van der Waals surface area contributed by atoms with Crippen LogP contribution in [0.5, 0.6) is 0 Å². The van der Waals surface area contributed by atoms with E-state index in [4.69, 9.17) is 23.8 Å². The molecule has 6 aromatic carbocycles. The fourth-order valence-electron chi connectivity index (χ4n) is 7.62. The van der Waals surface area contributed by atoms with Gasteiger partial charge in [0, 0.05) is 72.0 Å². The number of rotatable bonds is 2. The molecule has 5 heterocycles. The van der Waals surface area contributed by atoms with Gasteiger partial charge in [-0.15, -0.1) is 0 Å². The number of fused-ring (bicyclic) bond motifs is 13. The normalized spacial score (nSPS) is 12.2. The summed E-state index contributed by atoms with van der Waals surface area (Å²) in [5, 5.41) is 9.62. The predicted octanol–water partition coefficient (Wildman–Crippen LogP) is 11.6. The van der Waals surface area contributed by atoms with Crippen LogP contribution in [0.1, 0.15) is 0 Å². The molecule has 222 valence electrons. The largest absolute Gasteiger partial charge is 0.456 e. The summed E-state index contributed by atoms with van der Waals surface area (Å²) in [5.74, 6) is 0. The summed E-state index contributed by atoms with van der Waals surface area (Å²) < 4.78 is 13.0. The third kappa shape index (κ3) is 3.47. The lowest BCUT2D eigenvalue weighted by Crippen LogP contribution is -1.93. The topological polar surface area (TPSA) is 65.0 Å². The molecule has 0 fully saturated rings. The first-order chi connectivity index (χ1) is 23.8. The van der Waals surface area contributed by atoms with E-state index in [9.17, 15) is 0 Å². The number of pyridine rings is 3. The standard InChI is InChI=1S/C43H23N3O2/c1-4-14-34-28(11-1)38-33(40(46-34)25-17-18-37-31(22-25)26-10-2-5-15-35(26)47-37)23-32(43-39(38)29-12-3-6-16-36(29)48-43)30-21-24-9-7-19-44-41(24)42-27(30)13-8-20-45-42/h1-23H. The third-order valence-electron chi connectivity index (χ3n) is 9.71. The summed E-state index contributed by atoms with van der Waals surface area (Å²) in [6, 6.07) is 44.0. The zero-order chi connectivity index (χ0) is 31.3. The van der Waals surface area contributed by atoms with Crippen molar-refractivity contribution in [3.05, 3.63) is 140 Å². The number of furan rings is 2. The van der Waals surface area contributed by atoms with E-state index in [0.29, 0.717) is 0 Å². The Morgan fingerprint density at radius 3 is 2.04 bits per heavy atom. The molecule has 0 N–H and O–H groups in total. The third-order valence-corrected chi connectivity index (χ3v) is 9.71. The van der Waals surface area contributed by atoms with Gasteiger partial charge in [-0.2, -0.15) is 0 Å². The van der Waals surface area contributed by atoms with E-state index < -0.39 is 0 Å². The summed E-state index contributed by atoms with van der Waals surface area (Å²) in [6.07, 6.45) is 3.66. The van der Waals surface area contributed by atoms with Crippen LogP contribution < -0.4 is 0 Å². The minimum absolute atomic E-state index is 0.843. The molecule has 0 saturated carbocycles. The van der Waals surface area contributed by atoms with Crippen LogP contribution in [0.2, 0.25) is 0 Å². The number of nitrogens with zero attached hydrogens (tertiary/aromatic N) is 3. The fourth-order valence-corrected chi connectivity index (χ4v) is 7.62. The van der Waals surface area contributed by atoms with Gasteiger partial charge in [-0.25, -0.2) is 4.98 Å². The Morgan fingerprint density at radius 2 is 1.15 bits per heavy atom. The fraction of sp³-hybridized carbons (Fsp3) is 0. The smallest absolute Gasteiger partial charge is 0.143 e. The first-order valence-electron chi connectivity index (χ1n) is 16.0. The first-order valence-corrected chi connectivity index (χ1v) is 16.0. The lowest BCUT2D eigenvalue weighted by atomic mass is 9.90. The molecule has 11 aromatic rings. The van der Waals surface area contributed by atoms with E-state index in [1.54, 1.807) is 0 Å². The van der Waals surface area contributed by atoms with Crippen molar-refractivity contribution in [2.45, 2.75) is 0 Å². The van der Waals surface area contributed by atoms with Crippen LogP contribution in [0.25, 0.3) is 110 Å². The van der Waals surface area contributed by atoms with Crippen molar-refractivity contribution >= 4 is 87.4 Å². The van der Waals surface area contributed by atoms with E-state index in [-0.39, 0.29) is 0 Å². The van der Waals surface area contributed by atoms with Gasteiger partial charge in [-0.1, -0.05) is 66.7 Å². The quantitative estimate of drug-likeness (QED) is 0.182. The van der Waals surface area contributed by atoms with Crippen LogP contribution in [0.15, 0.2) is 149 Å². The molecule has 0 bridgehead atoms. The summed E-state index contributed by atoms with van der Waals surface area (Å²) in [5.41, 5.74) is 10.1. The molecule has 0 spiro atoms. The predicted molar refractivity (Wildman–Crippen MR) is 195 cm³/mol. The zero-order valence-electron chi connectivity index (χ0n) is 25.4. The molecule has 5 nitrogen and oxygen atoms in total. The monoisotopic (exact) mass is 613 g/mol. The summed E-state index contributed by atoms with van der Waals surface area (Å²) >= 11 is 0. The Kier molecular flexibility index (Phi) is 5.05. The van der Waals surface area contributed by atoms with Gasteiger partial charge in [0.05, 0.1) is 22.2 Å². The number of aromatic nitrogens is 3. The molecule has 0 saturated heterocycles. The SMILES string of the molecule is c1cnc2c(c1)cc(-c1cc3c(-c4ccc5oc6ccccc6c5c4)nc4ccccc4c3c3c1oc1ccccc13)c1cccnc12. The maximum Gasteiger partial charge on any atom is 0.143 e. The molecule has 0 aliphatic rings. The highest BCUT2D eigenvalue weighted by Gasteiger charge is 2.23. The van der Waals surface area contributed by atoms with Crippen molar-refractivity contribution in [3.8, 4) is 22.4 Å². The van der Waals surface area contributed by atoms with Gasteiger partial charge in [0.1, 0.15) is 22.3 Å².